The van der Waals surface area contributed by atoms with Gasteiger partial charge in [-0.2, -0.15) is 0 Å². The van der Waals surface area contributed by atoms with Gasteiger partial charge in [-0.05, 0) is 30.3 Å². The highest BCUT2D eigenvalue weighted by molar-refractivity contribution is 6.35. The molecule has 138 valence electrons. The van der Waals surface area contributed by atoms with Crippen molar-refractivity contribution in [3.05, 3.63) is 88.2 Å². The molecule has 0 saturated carbocycles. The number of amides is 1. The summed E-state index contributed by atoms with van der Waals surface area (Å²) in [6, 6.07) is 16.8. The van der Waals surface area contributed by atoms with E-state index in [0.717, 1.165) is 0 Å². The number of nitrogens with zero attached hydrogens (tertiary/aromatic N) is 1. The topological polar surface area (TPSA) is 60.3 Å². The summed E-state index contributed by atoms with van der Waals surface area (Å²) in [5, 5.41) is 3.46. The van der Waals surface area contributed by atoms with Crippen LogP contribution in [-0.2, 0) is 16.6 Å². The lowest BCUT2D eigenvalue weighted by Gasteiger charge is -2.18. The number of aromatic nitrogens is 1. The molecule has 1 N–H and O–H groups in total. The van der Waals surface area contributed by atoms with Crippen molar-refractivity contribution in [3.8, 4) is 0 Å². The molecule has 1 amide bonds. The fourth-order valence-electron chi connectivity index (χ4n) is 2.58. The molecule has 0 saturated heterocycles. The van der Waals surface area contributed by atoms with Gasteiger partial charge in [0.1, 0.15) is 5.69 Å². The summed E-state index contributed by atoms with van der Waals surface area (Å²) in [5.74, 6) is -1.11. The molecule has 0 fully saturated rings. The third-order valence-corrected chi connectivity index (χ3v) is 4.28. The molecule has 27 heavy (non-hydrogen) atoms. The van der Waals surface area contributed by atoms with Crippen LogP contribution in [0.4, 0.5) is 5.69 Å². The maximum absolute atomic E-state index is 12.8. The first-order valence-corrected chi connectivity index (χ1v) is 8.84. The number of benzene rings is 2. The molecule has 0 aliphatic carbocycles. The van der Waals surface area contributed by atoms with E-state index in [-0.39, 0.29) is 0 Å². The Morgan fingerprint density at radius 2 is 1.67 bits per heavy atom. The Morgan fingerprint density at radius 3 is 2.26 bits per heavy atom. The van der Waals surface area contributed by atoms with Crippen molar-refractivity contribution in [1.82, 2.24) is 4.57 Å². The summed E-state index contributed by atoms with van der Waals surface area (Å²) in [4.78, 5) is 25.4. The van der Waals surface area contributed by atoms with Crippen molar-refractivity contribution in [2.24, 2.45) is 7.05 Å². The number of nitrogens with one attached hydrogen (secondary N) is 1. The normalized spacial score (nSPS) is 11.7. The lowest BCUT2D eigenvalue weighted by molar-refractivity contribution is -0.125. The molecular weight excluding hydrogens is 387 g/mol. The lowest BCUT2D eigenvalue weighted by Crippen LogP contribution is -2.26. The smallest absolute Gasteiger partial charge is 0.356 e. The zero-order valence-corrected chi connectivity index (χ0v) is 15.9. The third-order valence-electron chi connectivity index (χ3n) is 3.85. The van der Waals surface area contributed by atoms with Crippen molar-refractivity contribution in [3.63, 3.8) is 0 Å². The number of carbonyl (C=O) groups excluding carboxylic acids is 2. The van der Waals surface area contributed by atoms with Gasteiger partial charge in [0, 0.05) is 34.5 Å². The molecular formula is C20H16Cl2N2O3. The molecule has 0 aliphatic rings. The van der Waals surface area contributed by atoms with Crippen LogP contribution in [0, 0.1) is 0 Å². The minimum absolute atomic E-state index is 0.342. The largest absolute Gasteiger partial charge is 0.443 e. The molecule has 3 rings (SSSR count). The minimum Gasteiger partial charge on any atom is -0.443 e. The summed E-state index contributed by atoms with van der Waals surface area (Å²) in [6.07, 6.45) is 0.591. The van der Waals surface area contributed by atoms with Crippen molar-refractivity contribution in [1.29, 1.82) is 0 Å². The Balaban J connectivity index is 1.86. The molecule has 1 heterocycles. The summed E-state index contributed by atoms with van der Waals surface area (Å²) < 4.78 is 7.14. The van der Waals surface area contributed by atoms with E-state index in [4.69, 9.17) is 27.9 Å². The van der Waals surface area contributed by atoms with Gasteiger partial charge >= 0.3 is 5.97 Å². The van der Waals surface area contributed by atoms with Gasteiger partial charge in [0.15, 0.2) is 0 Å². The monoisotopic (exact) mass is 402 g/mol. The highest BCUT2D eigenvalue weighted by atomic mass is 35.5. The first-order valence-electron chi connectivity index (χ1n) is 8.08. The second-order valence-corrected chi connectivity index (χ2v) is 6.72. The standard InChI is InChI=1S/C20H16Cl2N2O3/c1-24-9-5-8-17(24)20(26)27-18(13-6-3-2-4-7-13)19(25)23-16-11-14(21)10-15(22)12-16/h2-12,18H,1H3,(H,23,25)/t18-/m0/s1. The van der Waals surface area contributed by atoms with Crippen molar-refractivity contribution >= 4 is 40.8 Å². The SMILES string of the molecule is Cn1cccc1C(=O)O[C@H](C(=O)Nc1cc(Cl)cc(Cl)c1)c1ccccc1. The van der Waals surface area contributed by atoms with Gasteiger partial charge in [-0.15, -0.1) is 0 Å². The van der Waals surface area contributed by atoms with Crippen LogP contribution in [0.2, 0.25) is 10.0 Å². The number of halogens is 2. The Morgan fingerprint density at radius 1 is 1.00 bits per heavy atom. The molecule has 2 aromatic carbocycles. The Labute approximate surface area is 166 Å². The minimum atomic E-state index is -1.13. The number of ether oxygens (including phenoxy) is 1. The first-order chi connectivity index (χ1) is 12.9. The van der Waals surface area contributed by atoms with E-state index >= 15 is 0 Å². The number of carbonyl (C=O) groups is 2. The second kappa shape index (κ2) is 8.29. The van der Waals surface area contributed by atoms with Crippen LogP contribution in [0.1, 0.15) is 22.2 Å². The van der Waals surface area contributed by atoms with Gasteiger partial charge < -0.3 is 14.6 Å². The van der Waals surface area contributed by atoms with E-state index in [1.54, 1.807) is 72.4 Å². The van der Waals surface area contributed by atoms with Crippen LogP contribution >= 0.6 is 23.2 Å². The Bertz CT molecular complexity index is 950. The van der Waals surface area contributed by atoms with E-state index in [0.29, 0.717) is 27.0 Å². The van der Waals surface area contributed by atoms with Gasteiger partial charge in [-0.1, -0.05) is 53.5 Å². The van der Waals surface area contributed by atoms with Gasteiger partial charge in [-0.3, -0.25) is 4.79 Å². The van der Waals surface area contributed by atoms with E-state index in [1.807, 2.05) is 6.07 Å². The summed E-state index contributed by atoms with van der Waals surface area (Å²) in [6.45, 7) is 0. The lowest BCUT2D eigenvalue weighted by atomic mass is 10.1. The molecule has 7 heteroatoms. The number of hydrogen-bond acceptors (Lipinski definition) is 3. The number of esters is 1. The number of anilines is 1. The molecule has 0 spiro atoms. The van der Waals surface area contributed by atoms with Gasteiger partial charge in [-0.25, -0.2) is 4.79 Å². The van der Waals surface area contributed by atoms with Gasteiger partial charge in [0.2, 0.25) is 6.10 Å². The maximum Gasteiger partial charge on any atom is 0.356 e. The summed E-state index contributed by atoms with van der Waals surface area (Å²) >= 11 is 12.0. The highest BCUT2D eigenvalue weighted by Gasteiger charge is 2.26. The number of aryl methyl sites for hydroxylation is 1. The molecule has 5 nitrogen and oxygen atoms in total. The molecule has 0 aliphatic heterocycles. The Kier molecular flexibility index (Phi) is 5.84. The molecule has 0 unspecified atom stereocenters. The van der Waals surface area contributed by atoms with Crippen LogP contribution in [0.3, 0.4) is 0 Å². The highest BCUT2D eigenvalue weighted by Crippen LogP contribution is 2.25. The van der Waals surface area contributed by atoms with Crippen molar-refractivity contribution < 1.29 is 14.3 Å². The number of rotatable bonds is 5. The average molecular weight is 403 g/mol. The van der Waals surface area contributed by atoms with Crippen LogP contribution < -0.4 is 5.32 Å². The van der Waals surface area contributed by atoms with Crippen molar-refractivity contribution in [2.75, 3.05) is 5.32 Å². The second-order valence-electron chi connectivity index (χ2n) is 5.85. The van der Waals surface area contributed by atoms with E-state index < -0.39 is 18.0 Å². The Hall–Kier alpha value is -2.76. The summed E-state index contributed by atoms with van der Waals surface area (Å²) in [7, 11) is 1.72. The van der Waals surface area contributed by atoms with E-state index in [9.17, 15) is 9.59 Å². The number of hydrogen-bond donors (Lipinski definition) is 1. The fourth-order valence-corrected chi connectivity index (χ4v) is 3.10. The van der Waals surface area contributed by atoms with Crippen LogP contribution in [0.25, 0.3) is 0 Å². The first kappa shape index (κ1) is 19.0. The summed E-state index contributed by atoms with van der Waals surface area (Å²) in [5.41, 5.74) is 1.30. The van der Waals surface area contributed by atoms with Crippen LogP contribution in [0.15, 0.2) is 66.9 Å². The van der Waals surface area contributed by atoms with Crippen LogP contribution in [0.5, 0.6) is 0 Å². The molecule has 0 bridgehead atoms. The fraction of sp³-hybridized carbons (Fsp3) is 0.100. The quantitative estimate of drug-likeness (QED) is 0.619. The third kappa shape index (κ3) is 4.70. The molecule has 3 aromatic rings. The maximum atomic E-state index is 12.8. The zero-order chi connectivity index (χ0) is 19.4. The van der Waals surface area contributed by atoms with Crippen molar-refractivity contribution in [2.45, 2.75) is 6.10 Å². The van der Waals surface area contributed by atoms with Crippen LogP contribution in [-0.4, -0.2) is 16.4 Å². The van der Waals surface area contributed by atoms with E-state index in [2.05, 4.69) is 5.32 Å². The predicted octanol–water partition coefficient (Wildman–Crippen LogP) is 4.87. The van der Waals surface area contributed by atoms with E-state index in [1.165, 1.54) is 0 Å². The zero-order valence-electron chi connectivity index (χ0n) is 14.4. The molecule has 1 aromatic heterocycles. The average Bonchev–Trinajstić information content (AvgIpc) is 3.05. The molecule has 0 radical (unpaired) electrons. The van der Waals surface area contributed by atoms with Gasteiger partial charge in [0.25, 0.3) is 5.91 Å². The molecule has 1 atom stereocenters. The van der Waals surface area contributed by atoms with Gasteiger partial charge in [0.05, 0.1) is 0 Å². The predicted molar refractivity (Wildman–Crippen MR) is 105 cm³/mol.